The summed E-state index contributed by atoms with van der Waals surface area (Å²) in [5.41, 5.74) is 2.43. The minimum Gasteiger partial charge on any atom is -0.495 e. The normalized spacial score (nSPS) is 15.9. The topological polar surface area (TPSA) is 29.4 Å². The summed E-state index contributed by atoms with van der Waals surface area (Å²) < 4.78 is 22.2. The number of nitrogens with one attached hydrogen (secondary N) is 1. The molecule has 1 atom stereocenters. The fraction of sp³-hybridized carbons (Fsp3) is 0.190. The fourth-order valence-electron chi connectivity index (χ4n) is 3.56. The molecule has 2 aromatic carbocycles. The number of benzene rings is 2. The minimum absolute atomic E-state index is 0.234. The van der Waals surface area contributed by atoms with E-state index >= 15 is 0 Å². The number of ether oxygens (including phenoxy) is 1. The fourth-order valence-corrected chi connectivity index (χ4v) is 3.87. The predicted octanol–water partition coefficient (Wildman–Crippen LogP) is 4.44. The van der Waals surface area contributed by atoms with Crippen LogP contribution in [-0.4, -0.2) is 28.2 Å². The average Bonchev–Trinajstić information content (AvgIpc) is 3.17. The van der Waals surface area contributed by atoms with Gasteiger partial charge >= 0.3 is 0 Å². The first-order valence-electron chi connectivity index (χ1n) is 8.79. The predicted molar refractivity (Wildman–Crippen MR) is 109 cm³/mol. The molecule has 1 aliphatic heterocycles. The Hall–Kier alpha value is -2.86. The van der Waals surface area contributed by atoms with Crippen LogP contribution in [0.3, 0.4) is 0 Å². The minimum atomic E-state index is -0.287. The van der Waals surface area contributed by atoms with Gasteiger partial charge in [-0.15, -0.1) is 0 Å². The number of methoxy groups -OCH3 is 1. The van der Waals surface area contributed by atoms with E-state index in [1.165, 1.54) is 6.07 Å². The highest BCUT2D eigenvalue weighted by Gasteiger charge is 2.32. The molecular weight excluding hydrogens is 361 g/mol. The number of aromatic nitrogens is 1. The van der Waals surface area contributed by atoms with Crippen molar-refractivity contribution >= 4 is 23.0 Å². The monoisotopic (exact) mass is 381 g/mol. The van der Waals surface area contributed by atoms with E-state index in [9.17, 15) is 4.39 Å². The lowest BCUT2D eigenvalue weighted by atomic mass is 10.00. The highest BCUT2D eigenvalue weighted by molar-refractivity contribution is 7.80. The van der Waals surface area contributed by atoms with Crippen LogP contribution in [0.4, 0.5) is 10.1 Å². The Labute approximate surface area is 163 Å². The third-order valence-electron chi connectivity index (χ3n) is 4.85. The standard InChI is InChI=1S/C21H20FN3OS/c1-26-19-11-5-4-9-17(19)23-21(27)25-14-13-24-12-6-10-18(24)20(25)15-7-2-3-8-16(15)22/h2-12,20H,13-14H2,1H3,(H,23,27). The van der Waals surface area contributed by atoms with Gasteiger partial charge in [0.2, 0.25) is 0 Å². The Bertz CT molecular complexity index is 971. The van der Waals surface area contributed by atoms with Crippen LogP contribution < -0.4 is 10.1 Å². The van der Waals surface area contributed by atoms with Gasteiger partial charge in [0.1, 0.15) is 11.6 Å². The Kier molecular flexibility index (Phi) is 4.81. The van der Waals surface area contributed by atoms with Crippen LogP contribution >= 0.6 is 12.2 Å². The summed E-state index contributed by atoms with van der Waals surface area (Å²) >= 11 is 5.71. The van der Waals surface area contributed by atoms with Crippen molar-refractivity contribution in [2.75, 3.05) is 19.0 Å². The van der Waals surface area contributed by atoms with E-state index in [0.29, 0.717) is 23.0 Å². The second-order valence-corrected chi connectivity index (χ2v) is 6.76. The SMILES string of the molecule is COc1ccccc1NC(=S)N1CCn2cccc2C1c1ccccc1F. The molecule has 0 spiro atoms. The van der Waals surface area contributed by atoms with E-state index < -0.39 is 0 Å². The van der Waals surface area contributed by atoms with Crippen molar-refractivity contribution in [2.45, 2.75) is 12.6 Å². The molecule has 1 aromatic heterocycles. The van der Waals surface area contributed by atoms with Gasteiger partial charge in [0, 0.05) is 30.5 Å². The van der Waals surface area contributed by atoms with E-state index in [1.54, 1.807) is 13.2 Å². The van der Waals surface area contributed by atoms with Crippen molar-refractivity contribution in [3.63, 3.8) is 0 Å². The molecule has 4 nitrogen and oxygen atoms in total. The summed E-state index contributed by atoms with van der Waals surface area (Å²) in [5, 5.41) is 3.82. The Morgan fingerprint density at radius 1 is 1.07 bits per heavy atom. The third kappa shape index (κ3) is 3.28. The summed E-state index contributed by atoms with van der Waals surface area (Å²) in [7, 11) is 1.62. The lowest BCUT2D eigenvalue weighted by Crippen LogP contribution is -2.44. The third-order valence-corrected chi connectivity index (χ3v) is 5.18. The Balaban J connectivity index is 1.70. The number of thiocarbonyl (C=S) groups is 1. The summed E-state index contributed by atoms with van der Waals surface area (Å²) in [6.45, 7) is 1.47. The van der Waals surface area contributed by atoms with Gasteiger partial charge in [-0.3, -0.25) is 0 Å². The Morgan fingerprint density at radius 2 is 1.85 bits per heavy atom. The first-order valence-corrected chi connectivity index (χ1v) is 9.20. The maximum absolute atomic E-state index is 14.6. The van der Waals surface area contributed by atoms with Crippen LogP contribution in [0.15, 0.2) is 66.9 Å². The largest absolute Gasteiger partial charge is 0.495 e. The van der Waals surface area contributed by atoms with E-state index in [0.717, 1.165) is 17.9 Å². The van der Waals surface area contributed by atoms with Crippen LogP contribution in [-0.2, 0) is 6.54 Å². The zero-order valence-corrected chi connectivity index (χ0v) is 15.7. The molecule has 3 aromatic rings. The molecule has 138 valence electrons. The van der Waals surface area contributed by atoms with Crippen molar-refractivity contribution in [1.29, 1.82) is 0 Å². The number of hydrogen-bond donors (Lipinski definition) is 1. The number of fused-ring (bicyclic) bond motifs is 1. The van der Waals surface area contributed by atoms with E-state index in [2.05, 4.69) is 9.88 Å². The molecule has 1 aliphatic rings. The van der Waals surface area contributed by atoms with E-state index in [4.69, 9.17) is 17.0 Å². The quantitative estimate of drug-likeness (QED) is 0.680. The zero-order valence-electron chi connectivity index (χ0n) is 14.9. The lowest BCUT2D eigenvalue weighted by molar-refractivity contribution is 0.287. The van der Waals surface area contributed by atoms with Gasteiger partial charge < -0.3 is 19.5 Å². The van der Waals surface area contributed by atoms with Gasteiger partial charge in [0.05, 0.1) is 18.8 Å². The number of hydrogen-bond acceptors (Lipinski definition) is 2. The molecule has 1 N–H and O–H groups in total. The molecule has 6 heteroatoms. The second kappa shape index (κ2) is 7.40. The van der Waals surface area contributed by atoms with Crippen molar-refractivity contribution in [1.82, 2.24) is 9.47 Å². The number of para-hydroxylation sites is 2. The number of anilines is 1. The highest BCUT2D eigenvalue weighted by Crippen LogP contribution is 2.34. The zero-order chi connectivity index (χ0) is 18.8. The van der Waals surface area contributed by atoms with Crippen molar-refractivity contribution in [3.8, 4) is 5.75 Å². The molecule has 0 aliphatic carbocycles. The van der Waals surface area contributed by atoms with Crippen LogP contribution in [0, 0.1) is 5.82 Å². The first-order chi connectivity index (χ1) is 13.2. The second-order valence-electron chi connectivity index (χ2n) is 6.37. The maximum atomic E-state index is 14.6. The van der Waals surface area contributed by atoms with Gasteiger partial charge in [-0.25, -0.2) is 4.39 Å². The highest BCUT2D eigenvalue weighted by atomic mass is 32.1. The smallest absolute Gasteiger partial charge is 0.174 e. The van der Waals surface area contributed by atoms with Crippen LogP contribution in [0.5, 0.6) is 5.75 Å². The van der Waals surface area contributed by atoms with Crippen LogP contribution in [0.1, 0.15) is 17.3 Å². The number of nitrogens with zero attached hydrogens (tertiary/aromatic N) is 2. The molecule has 0 saturated heterocycles. The van der Waals surface area contributed by atoms with Gasteiger partial charge in [0.25, 0.3) is 0 Å². The molecular formula is C21H20FN3OS. The summed E-state index contributed by atoms with van der Waals surface area (Å²) in [5.74, 6) is 0.477. The average molecular weight is 381 g/mol. The van der Waals surface area contributed by atoms with Crippen LogP contribution in [0.25, 0.3) is 0 Å². The molecule has 0 saturated carbocycles. The molecule has 0 radical (unpaired) electrons. The number of halogens is 1. The molecule has 27 heavy (non-hydrogen) atoms. The van der Waals surface area contributed by atoms with E-state index in [-0.39, 0.29) is 11.9 Å². The molecule has 0 fully saturated rings. The Morgan fingerprint density at radius 3 is 2.67 bits per heavy atom. The summed E-state index contributed by atoms with van der Waals surface area (Å²) in [6.07, 6.45) is 2.03. The van der Waals surface area contributed by atoms with Gasteiger partial charge in [-0.05, 0) is 42.5 Å². The van der Waals surface area contributed by atoms with Crippen molar-refractivity contribution < 1.29 is 9.13 Å². The molecule has 1 unspecified atom stereocenters. The van der Waals surface area contributed by atoms with Gasteiger partial charge in [0.15, 0.2) is 5.11 Å². The first kappa shape index (κ1) is 17.5. The van der Waals surface area contributed by atoms with Crippen LogP contribution in [0.2, 0.25) is 0 Å². The maximum Gasteiger partial charge on any atom is 0.174 e. The van der Waals surface area contributed by atoms with Gasteiger partial charge in [-0.2, -0.15) is 0 Å². The molecule has 4 rings (SSSR count). The van der Waals surface area contributed by atoms with Gasteiger partial charge in [-0.1, -0.05) is 30.3 Å². The molecule has 2 heterocycles. The summed E-state index contributed by atoms with van der Waals surface area (Å²) in [4.78, 5) is 2.04. The van der Waals surface area contributed by atoms with E-state index in [1.807, 2.05) is 59.6 Å². The summed E-state index contributed by atoms with van der Waals surface area (Å²) in [6, 6.07) is 18.2. The molecule has 0 amide bonds. The molecule has 0 bridgehead atoms. The van der Waals surface area contributed by atoms with Crippen molar-refractivity contribution in [2.24, 2.45) is 0 Å². The van der Waals surface area contributed by atoms with Crippen molar-refractivity contribution in [3.05, 3.63) is 83.9 Å². The number of rotatable bonds is 3. The lowest BCUT2D eigenvalue weighted by Gasteiger charge is -2.39.